The summed E-state index contributed by atoms with van der Waals surface area (Å²) in [6.45, 7) is 3.57. The first-order valence-electron chi connectivity index (χ1n) is 13.1. The molecule has 0 atom stereocenters. The number of hydrogen-bond acceptors (Lipinski definition) is 12. The molecule has 0 spiro atoms. The fourth-order valence-electron chi connectivity index (χ4n) is 4.70. The molecule has 1 saturated carbocycles. The molecule has 1 saturated heterocycles. The van der Waals surface area contributed by atoms with Gasteiger partial charge in [0.25, 0.3) is 0 Å². The molecule has 1 aliphatic heterocycles. The van der Waals surface area contributed by atoms with Gasteiger partial charge in [0.05, 0.1) is 54.7 Å². The van der Waals surface area contributed by atoms with Crippen molar-refractivity contribution in [3.63, 3.8) is 0 Å². The summed E-state index contributed by atoms with van der Waals surface area (Å²) in [6.07, 6.45) is 9.22. The van der Waals surface area contributed by atoms with E-state index in [-0.39, 0.29) is 12.1 Å². The van der Waals surface area contributed by atoms with Crippen molar-refractivity contribution >= 4 is 38.4 Å². The smallest absolute Gasteiger partial charge is 0.229 e. The fourth-order valence-corrected chi connectivity index (χ4v) is 5.24. The zero-order chi connectivity index (χ0) is 27.2. The molecule has 0 bridgehead atoms. The quantitative estimate of drug-likeness (QED) is 0.330. The normalized spacial score (nSPS) is 20.0. The van der Waals surface area contributed by atoms with E-state index in [4.69, 9.17) is 24.9 Å². The molecule has 1 aliphatic carbocycles. The Morgan fingerprint density at radius 3 is 2.51 bits per heavy atom. The van der Waals surface area contributed by atoms with Gasteiger partial charge in [-0.15, -0.1) is 0 Å². The Morgan fingerprint density at radius 1 is 1.08 bits per heavy atom. The summed E-state index contributed by atoms with van der Waals surface area (Å²) in [5.41, 5.74) is 6.51. The summed E-state index contributed by atoms with van der Waals surface area (Å²) in [6, 6.07) is 3.85. The third kappa shape index (κ3) is 7.34. The largest absolute Gasteiger partial charge is 0.489 e. The van der Waals surface area contributed by atoms with Crippen LogP contribution in [0.2, 0.25) is 0 Å². The lowest BCUT2D eigenvalue weighted by Crippen LogP contribution is -2.37. The van der Waals surface area contributed by atoms with Crippen LogP contribution in [0.4, 0.5) is 17.5 Å². The lowest BCUT2D eigenvalue weighted by Gasteiger charge is -2.31. The Hall–Kier alpha value is -3.49. The van der Waals surface area contributed by atoms with Crippen molar-refractivity contribution in [2.75, 3.05) is 60.6 Å². The van der Waals surface area contributed by atoms with E-state index >= 15 is 0 Å². The summed E-state index contributed by atoms with van der Waals surface area (Å²) in [7, 11) is -3.45. The van der Waals surface area contributed by atoms with Crippen molar-refractivity contribution in [3.05, 3.63) is 30.7 Å². The molecule has 0 radical (unpaired) electrons. The Balaban J connectivity index is 1.28. The van der Waals surface area contributed by atoms with Crippen LogP contribution in [0.3, 0.4) is 0 Å². The topological polar surface area (TPSA) is 167 Å². The van der Waals surface area contributed by atoms with Gasteiger partial charge in [-0.05, 0) is 31.7 Å². The van der Waals surface area contributed by atoms with Gasteiger partial charge in [0.2, 0.25) is 21.9 Å². The van der Waals surface area contributed by atoms with Gasteiger partial charge in [-0.1, -0.05) is 0 Å². The SMILES string of the molecule is CS(=O)(=O)Nc1cnc2cc(N3CCOCC3)nc(O[C@H]3CC[C@@H](Nc4ncc(OCCN)cn4)CC3)c2c1. The number of hydrogen-bond donors (Lipinski definition) is 3. The Morgan fingerprint density at radius 2 is 1.82 bits per heavy atom. The first-order chi connectivity index (χ1) is 18.9. The van der Waals surface area contributed by atoms with Gasteiger partial charge in [-0.2, -0.15) is 4.98 Å². The third-order valence-electron chi connectivity index (χ3n) is 6.57. The van der Waals surface area contributed by atoms with Crippen LogP contribution >= 0.6 is 0 Å². The van der Waals surface area contributed by atoms with Gasteiger partial charge < -0.3 is 30.2 Å². The van der Waals surface area contributed by atoms with Crippen LogP contribution in [-0.4, -0.2) is 86.2 Å². The first-order valence-corrected chi connectivity index (χ1v) is 14.9. The van der Waals surface area contributed by atoms with Crippen LogP contribution in [-0.2, 0) is 14.8 Å². The minimum absolute atomic E-state index is 0.0434. The van der Waals surface area contributed by atoms with Crippen LogP contribution < -0.4 is 30.1 Å². The van der Waals surface area contributed by atoms with Gasteiger partial charge in [-0.25, -0.2) is 18.4 Å². The molecule has 2 fully saturated rings. The Kier molecular flexibility index (Phi) is 8.43. The van der Waals surface area contributed by atoms with Crippen LogP contribution in [0.15, 0.2) is 30.7 Å². The number of pyridine rings is 2. The Labute approximate surface area is 227 Å². The zero-order valence-corrected chi connectivity index (χ0v) is 22.7. The third-order valence-corrected chi connectivity index (χ3v) is 7.18. The standard InChI is InChI=1S/C25H34N8O5S/c1-39(34,35)32-18-12-21-22(27-14-18)13-23(33-7-10-36-11-8-33)31-24(21)38-19-4-2-17(3-5-19)30-25-28-15-20(16-29-25)37-9-6-26/h12-17,19,32H,2-11,26H2,1H3,(H,28,29,30)/t17-,19+. The van der Waals surface area contributed by atoms with Crippen LogP contribution in [0.1, 0.15) is 25.7 Å². The van der Waals surface area contributed by atoms with Gasteiger partial charge in [0.1, 0.15) is 18.5 Å². The predicted octanol–water partition coefficient (Wildman–Crippen LogP) is 1.77. The first kappa shape index (κ1) is 27.1. The molecule has 4 heterocycles. The number of fused-ring (bicyclic) bond motifs is 1. The number of anilines is 3. The van der Waals surface area contributed by atoms with Crippen molar-refractivity contribution in [2.45, 2.75) is 37.8 Å². The van der Waals surface area contributed by atoms with Gasteiger partial charge in [0.15, 0.2) is 5.75 Å². The average molecular weight is 559 g/mol. The lowest BCUT2D eigenvalue weighted by atomic mass is 9.93. The van der Waals surface area contributed by atoms with E-state index in [1.54, 1.807) is 18.5 Å². The predicted molar refractivity (Wildman–Crippen MR) is 148 cm³/mol. The van der Waals surface area contributed by atoms with Crippen LogP contribution in [0.25, 0.3) is 10.9 Å². The number of rotatable bonds is 10. The van der Waals surface area contributed by atoms with E-state index in [2.05, 4.69) is 29.9 Å². The molecule has 5 rings (SSSR count). The van der Waals surface area contributed by atoms with E-state index in [0.29, 0.717) is 60.5 Å². The minimum atomic E-state index is -3.45. The van der Waals surface area contributed by atoms with Crippen LogP contribution in [0, 0.1) is 0 Å². The summed E-state index contributed by atoms with van der Waals surface area (Å²) in [5.74, 6) is 2.36. The molecule has 0 aromatic carbocycles. The maximum absolute atomic E-state index is 11.8. The summed E-state index contributed by atoms with van der Waals surface area (Å²) in [5, 5.41) is 4.05. The molecule has 210 valence electrons. The highest BCUT2D eigenvalue weighted by Crippen LogP contribution is 2.33. The highest BCUT2D eigenvalue weighted by molar-refractivity contribution is 7.92. The summed E-state index contributed by atoms with van der Waals surface area (Å²) < 4.78 is 43.5. The Bertz CT molecular complexity index is 1360. The molecule has 0 unspecified atom stereocenters. The second-order valence-electron chi connectivity index (χ2n) is 9.67. The van der Waals surface area contributed by atoms with Gasteiger partial charge in [0, 0.05) is 31.7 Å². The van der Waals surface area contributed by atoms with Crippen molar-refractivity contribution in [3.8, 4) is 11.6 Å². The minimum Gasteiger partial charge on any atom is -0.489 e. The fraction of sp³-hybridized carbons (Fsp3) is 0.520. The number of nitrogens with two attached hydrogens (primary N) is 1. The molecular formula is C25H34N8O5S. The number of morpholine rings is 1. The maximum Gasteiger partial charge on any atom is 0.229 e. The monoisotopic (exact) mass is 558 g/mol. The second-order valence-corrected chi connectivity index (χ2v) is 11.4. The van der Waals surface area contributed by atoms with Gasteiger partial charge in [-0.3, -0.25) is 9.71 Å². The highest BCUT2D eigenvalue weighted by atomic mass is 32.2. The number of sulfonamides is 1. The number of ether oxygens (including phenoxy) is 3. The van der Waals surface area contributed by atoms with Crippen molar-refractivity contribution < 1.29 is 22.6 Å². The molecular weight excluding hydrogens is 524 g/mol. The van der Waals surface area contributed by atoms with E-state index in [0.717, 1.165) is 50.8 Å². The molecule has 0 amide bonds. The maximum atomic E-state index is 11.8. The van der Waals surface area contributed by atoms with E-state index < -0.39 is 10.0 Å². The molecule has 2 aliphatic rings. The number of nitrogens with zero attached hydrogens (tertiary/aromatic N) is 5. The van der Waals surface area contributed by atoms with Gasteiger partial charge >= 0.3 is 0 Å². The van der Waals surface area contributed by atoms with Crippen LogP contribution in [0.5, 0.6) is 11.6 Å². The van der Waals surface area contributed by atoms with E-state index in [1.165, 1.54) is 6.20 Å². The molecule has 3 aromatic rings. The molecule has 14 heteroatoms. The van der Waals surface area contributed by atoms with Crippen molar-refractivity contribution in [1.29, 1.82) is 0 Å². The summed E-state index contributed by atoms with van der Waals surface area (Å²) in [4.78, 5) is 20.2. The van der Waals surface area contributed by atoms with Crippen molar-refractivity contribution in [1.82, 2.24) is 19.9 Å². The number of aromatic nitrogens is 4. The molecule has 13 nitrogen and oxygen atoms in total. The van der Waals surface area contributed by atoms with E-state index in [9.17, 15) is 8.42 Å². The molecule has 4 N–H and O–H groups in total. The second kappa shape index (κ2) is 12.1. The summed E-state index contributed by atoms with van der Waals surface area (Å²) >= 11 is 0. The average Bonchev–Trinajstić information content (AvgIpc) is 2.93. The lowest BCUT2D eigenvalue weighted by molar-refractivity contribution is 0.122. The highest BCUT2D eigenvalue weighted by Gasteiger charge is 2.25. The molecule has 3 aromatic heterocycles. The number of nitrogens with one attached hydrogen (secondary N) is 2. The molecule has 39 heavy (non-hydrogen) atoms. The van der Waals surface area contributed by atoms with E-state index in [1.807, 2.05) is 6.07 Å². The zero-order valence-electron chi connectivity index (χ0n) is 21.9. The van der Waals surface area contributed by atoms with Crippen molar-refractivity contribution in [2.24, 2.45) is 5.73 Å².